The van der Waals surface area contributed by atoms with Crippen LogP contribution in [-0.2, 0) is 15.8 Å². The van der Waals surface area contributed by atoms with Gasteiger partial charge in [-0.1, -0.05) is 11.6 Å². The highest BCUT2D eigenvalue weighted by atomic mass is 35.5. The second kappa shape index (κ2) is 10.0. The number of nitrogens with zero attached hydrogens (tertiary/aromatic N) is 1. The van der Waals surface area contributed by atoms with Crippen LogP contribution in [0.1, 0.15) is 55.6 Å². The van der Waals surface area contributed by atoms with Gasteiger partial charge in [0.2, 0.25) is 5.75 Å². The van der Waals surface area contributed by atoms with Crippen molar-refractivity contribution in [2.45, 2.75) is 50.6 Å². The molecule has 0 saturated heterocycles. The molecule has 2 aliphatic carbocycles. The van der Waals surface area contributed by atoms with Crippen LogP contribution in [0.15, 0.2) is 52.9 Å². The lowest BCUT2D eigenvalue weighted by Crippen LogP contribution is -2.36. The summed E-state index contributed by atoms with van der Waals surface area (Å²) in [6.45, 7) is 0. The van der Waals surface area contributed by atoms with Gasteiger partial charge in [-0.05, 0) is 55.5 Å². The molecule has 8 nitrogen and oxygen atoms in total. The Hall–Kier alpha value is -3.86. The van der Waals surface area contributed by atoms with Crippen molar-refractivity contribution >= 4 is 28.9 Å². The molecule has 0 fully saturated rings. The van der Waals surface area contributed by atoms with E-state index in [1.807, 2.05) is 0 Å². The Morgan fingerprint density at radius 1 is 0.974 bits per heavy atom. The Bertz CT molecular complexity index is 1440. The number of dihydropyridines is 1. The van der Waals surface area contributed by atoms with Gasteiger partial charge in [-0.3, -0.25) is 19.7 Å². The third-order valence-corrected chi connectivity index (χ3v) is 7.35. The van der Waals surface area contributed by atoms with E-state index in [9.17, 15) is 32.9 Å². The molecule has 1 N–H and O–H groups in total. The van der Waals surface area contributed by atoms with Crippen LogP contribution < -0.4 is 14.8 Å². The van der Waals surface area contributed by atoms with Gasteiger partial charge in [0.25, 0.3) is 0 Å². The van der Waals surface area contributed by atoms with Crippen molar-refractivity contribution in [1.29, 1.82) is 0 Å². The van der Waals surface area contributed by atoms with Gasteiger partial charge in [0.15, 0.2) is 23.1 Å². The molecule has 0 amide bonds. The SMILES string of the molecule is COc1cc(C2C3=C(CCCC3=O)NC3=C2C(=O)CCC3)cc(Cl)c1Oc1ccc(C(F)(F)F)cc1[N+](=O)[O-]. The molecule has 39 heavy (non-hydrogen) atoms. The first-order valence-corrected chi connectivity index (χ1v) is 12.6. The number of hydrogen-bond acceptors (Lipinski definition) is 7. The summed E-state index contributed by atoms with van der Waals surface area (Å²) < 4.78 is 50.5. The van der Waals surface area contributed by atoms with Crippen molar-refractivity contribution in [2.24, 2.45) is 0 Å². The van der Waals surface area contributed by atoms with E-state index in [2.05, 4.69) is 5.32 Å². The van der Waals surface area contributed by atoms with Crippen LogP contribution in [0.4, 0.5) is 18.9 Å². The summed E-state index contributed by atoms with van der Waals surface area (Å²) >= 11 is 6.57. The molecule has 1 aliphatic heterocycles. The second-order valence-electron chi connectivity index (χ2n) is 9.47. The first-order chi connectivity index (χ1) is 18.5. The maximum atomic E-state index is 13.1. The lowest BCUT2D eigenvalue weighted by molar-refractivity contribution is -0.385. The molecule has 3 aliphatic rings. The molecule has 2 aromatic rings. The third kappa shape index (κ3) is 4.87. The topological polar surface area (TPSA) is 108 Å². The number of alkyl halides is 3. The maximum absolute atomic E-state index is 13.1. The fraction of sp³-hybridized carbons (Fsp3) is 0.333. The molecule has 0 atom stereocenters. The number of ketones is 2. The molecule has 0 spiro atoms. The minimum Gasteiger partial charge on any atom is -0.493 e. The summed E-state index contributed by atoms with van der Waals surface area (Å²) in [6, 6.07) is 4.91. The molecule has 0 unspecified atom stereocenters. The summed E-state index contributed by atoms with van der Waals surface area (Å²) in [7, 11) is 1.30. The normalized spacial score (nSPS) is 18.0. The van der Waals surface area contributed by atoms with Crippen LogP contribution in [0.5, 0.6) is 17.2 Å². The van der Waals surface area contributed by atoms with Crippen molar-refractivity contribution in [3.63, 3.8) is 0 Å². The number of carbonyl (C=O) groups is 2. The molecule has 204 valence electrons. The van der Waals surface area contributed by atoms with E-state index in [1.165, 1.54) is 19.2 Å². The summed E-state index contributed by atoms with van der Waals surface area (Å²) in [4.78, 5) is 36.7. The molecule has 1 heterocycles. The molecule has 0 aromatic heterocycles. The number of nitrogens with one attached hydrogen (secondary N) is 1. The average Bonchev–Trinajstić information content (AvgIpc) is 2.88. The van der Waals surface area contributed by atoms with Crippen LogP contribution in [0.2, 0.25) is 5.02 Å². The Balaban J connectivity index is 1.61. The highest BCUT2D eigenvalue weighted by Crippen LogP contribution is 2.49. The maximum Gasteiger partial charge on any atom is 0.416 e. The van der Waals surface area contributed by atoms with E-state index in [4.69, 9.17) is 21.1 Å². The third-order valence-electron chi connectivity index (χ3n) is 7.07. The first kappa shape index (κ1) is 26.7. The number of halogens is 4. The number of ether oxygens (including phenoxy) is 2. The zero-order valence-corrected chi connectivity index (χ0v) is 21.4. The van der Waals surface area contributed by atoms with Gasteiger partial charge in [0.1, 0.15) is 0 Å². The minimum atomic E-state index is -4.79. The molecule has 12 heteroatoms. The average molecular weight is 563 g/mol. The van der Waals surface area contributed by atoms with Gasteiger partial charge in [0, 0.05) is 47.4 Å². The Morgan fingerprint density at radius 3 is 2.13 bits per heavy atom. The van der Waals surface area contributed by atoms with Gasteiger partial charge < -0.3 is 14.8 Å². The number of nitro groups is 1. The molecule has 0 radical (unpaired) electrons. The number of methoxy groups -OCH3 is 1. The zero-order chi connectivity index (χ0) is 28.1. The first-order valence-electron chi connectivity index (χ1n) is 12.2. The highest BCUT2D eigenvalue weighted by molar-refractivity contribution is 6.32. The van der Waals surface area contributed by atoms with E-state index >= 15 is 0 Å². The number of benzene rings is 2. The van der Waals surface area contributed by atoms with Crippen LogP contribution >= 0.6 is 11.6 Å². The number of allylic oxidation sites excluding steroid dienone is 4. The van der Waals surface area contributed by atoms with Crippen LogP contribution in [0, 0.1) is 10.1 Å². The fourth-order valence-electron chi connectivity index (χ4n) is 5.35. The van der Waals surface area contributed by atoms with Gasteiger partial charge in [0.05, 0.1) is 22.6 Å². The summed E-state index contributed by atoms with van der Waals surface area (Å²) in [5, 5.41) is 14.8. The lowest BCUT2D eigenvalue weighted by Gasteiger charge is -2.37. The van der Waals surface area contributed by atoms with Gasteiger partial charge in [-0.2, -0.15) is 13.2 Å². The van der Waals surface area contributed by atoms with Crippen LogP contribution in [-0.4, -0.2) is 23.6 Å². The Morgan fingerprint density at radius 2 is 1.59 bits per heavy atom. The second-order valence-corrected chi connectivity index (χ2v) is 9.88. The van der Waals surface area contributed by atoms with E-state index < -0.39 is 34.0 Å². The summed E-state index contributed by atoms with van der Waals surface area (Å²) in [5.41, 5.74) is 0.943. The van der Waals surface area contributed by atoms with E-state index in [1.54, 1.807) is 0 Å². The molecular formula is C27H22ClF3N2O6. The van der Waals surface area contributed by atoms with Gasteiger partial charge in [-0.25, -0.2) is 0 Å². The fourth-order valence-corrected chi connectivity index (χ4v) is 5.61. The number of Topliss-reactive ketones (excluding diaryl/α,β-unsaturated/α-hetero) is 2. The van der Waals surface area contributed by atoms with Crippen molar-refractivity contribution in [3.05, 3.63) is 79.1 Å². The van der Waals surface area contributed by atoms with E-state index in [0.717, 1.165) is 17.5 Å². The lowest BCUT2D eigenvalue weighted by atomic mass is 9.71. The predicted molar refractivity (Wildman–Crippen MR) is 134 cm³/mol. The summed E-state index contributed by atoms with van der Waals surface area (Å²) in [6.07, 6.45) is -1.40. The minimum absolute atomic E-state index is 0.0287. The Labute approximate surface area is 225 Å². The molecular weight excluding hydrogens is 541 g/mol. The molecule has 0 saturated carbocycles. The Kier molecular flexibility index (Phi) is 6.88. The largest absolute Gasteiger partial charge is 0.493 e. The smallest absolute Gasteiger partial charge is 0.416 e. The number of nitro benzene ring substituents is 1. The van der Waals surface area contributed by atoms with Crippen molar-refractivity contribution in [3.8, 4) is 17.2 Å². The highest BCUT2D eigenvalue weighted by Gasteiger charge is 2.41. The number of hydrogen-bond donors (Lipinski definition) is 1. The van der Waals surface area contributed by atoms with Gasteiger partial charge in [-0.15, -0.1) is 0 Å². The van der Waals surface area contributed by atoms with Crippen molar-refractivity contribution in [1.82, 2.24) is 5.32 Å². The van der Waals surface area contributed by atoms with Gasteiger partial charge >= 0.3 is 11.9 Å². The number of carbonyl (C=O) groups excluding carboxylic acids is 2. The number of rotatable bonds is 5. The van der Waals surface area contributed by atoms with Crippen LogP contribution in [0.3, 0.4) is 0 Å². The molecule has 5 rings (SSSR count). The quantitative estimate of drug-likeness (QED) is 0.316. The van der Waals surface area contributed by atoms with E-state index in [-0.39, 0.29) is 28.1 Å². The van der Waals surface area contributed by atoms with Crippen LogP contribution in [0.25, 0.3) is 0 Å². The zero-order valence-electron chi connectivity index (χ0n) is 20.6. The summed E-state index contributed by atoms with van der Waals surface area (Å²) in [5.74, 6) is -1.43. The van der Waals surface area contributed by atoms with Crippen molar-refractivity contribution in [2.75, 3.05) is 7.11 Å². The predicted octanol–water partition coefficient (Wildman–Crippen LogP) is 6.77. The molecule has 2 aromatic carbocycles. The monoisotopic (exact) mass is 562 g/mol. The van der Waals surface area contributed by atoms with Crippen molar-refractivity contribution < 1.29 is 37.2 Å². The molecule has 0 bridgehead atoms. The standard InChI is InChI=1S/C27H22ClF3N2O6/c1-38-22-11-13(23-24-16(4-2-6-19(24)34)32-17-5-3-7-20(35)25(17)23)10-15(28)26(22)39-21-9-8-14(27(29,30)31)12-18(21)33(36)37/h8-12,23,32H,2-7H2,1H3. The van der Waals surface area contributed by atoms with E-state index in [0.29, 0.717) is 67.4 Å².